The second-order valence-electron chi connectivity index (χ2n) is 6.25. The lowest BCUT2D eigenvalue weighted by atomic mass is 10.1. The van der Waals surface area contributed by atoms with Crippen molar-refractivity contribution in [3.63, 3.8) is 0 Å². The van der Waals surface area contributed by atoms with Crippen LogP contribution in [0, 0.1) is 0 Å². The van der Waals surface area contributed by atoms with Gasteiger partial charge in [-0.2, -0.15) is 0 Å². The Balaban J connectivity index is 1.83. The zero-order valence-corrected chi connectivity index (χ0v) is 17.4. The minimum atomic E-state index is 0.0770. The molecule has 0 unspecified atom stereocenters. The van der Waals surface area contributed by atoms with Gasteiger partial charge >= 0.3 is 0 Å². The molecule has 4 aromatic rings. The number of aromatic hydroxyl groups is 1. The molecule has 2 aromatic heterocycles. The molecule has 0 amide bonds. The topological polar surface area (TPSA) is 68.4 Å². The maximum absolute atomic E-state index is 9.92. The van der Waals surface area contributed by atoms with Gasteiger partial charge in [0.05, 0.1) is 18.7 Å². The van der Waals surface area contributed by atoms with Gasteiger partial charge in [-0.25, -0.2) is 9.98 Å². The molecule has 0 saturated heterocycles. The summed E-state index contributed by atoms with van der Waals surface area (Å²) in [6, 6.07) is 16.7. The average molecular weight is 452 g/mol. The zero-order chi connectivity index (χ0) is 20.4. The molecule has 7 heteroatoms. The van der Waals surface area contributed by atoms with Crippen molar-refractivity contribution in [2.75, 3.05) is 14.2 Å². The highest BCUT2D eigenvalue weighted by Crippen LogP contribution is 2.36. The highest BCUT2D eigenvalue weighted by atomic mass is 79.9. The Morgan fingerprint density at radius 2 is 1.86 bits per heavy atom. The number of benzene rings is 2. The maximum atomic E-state index is 9.92. The van der Waals surface area contributed by atoms with E-state index < -0.39 is 0 Å². The summed E-state index contributed by atoms with van der Waals surface area (Å²) in [6.07, 6.45) is 3.70. The van der Waals surface area contributed by atoms with Gasteiger partial charge in [-0.1, -0.05) is 6.07 Å². The Morgan fingerprint density at radius 1 is 1.03 bits per heavy atom. The number of rotatable bonds is 5. The lowest BCUT2D eigenvalue weighted by molar-refractivity contribution is 0.373. The normalized spacial score (nSPS) is 11.3. The van der Waals surface area contributed by atoms with Crippen LogP contribution in [0.25, 0.3) is 16.9 Å². The highest BCUT2D eigenvalue weighted by Gasteiger charge is 2.15. The molecule has 0 atom stereocenters. The second kappa shape index (κ2) is 7.97. The highest BCUT2D eigenvalue weighted by molar-refractivity contribution is 9.10. The minimum absolute atomic E-state index is 0.0770. The van der Waals surface area contributed by atoms with Gasteiger partial charge in [0, 0.05) is 18.0 Å². The van der Waals surface area contributed by atoms with E-state index >= 15 is 0 Å². The summed E-state index contributed by atoms with van der Waals surface area (Å²) in [5.41, 5.74) is 3.18. The molecule has 4 rings (SSSR count). The van der Waals surface area contributed by atoms with Crippen molar-refractivity contribution >= 4 is 33.6 Å². The third kappa shape index (κ3) is 3.69. The van der Waals surface area contributed by atoms with Crippen LogP contribution in [0.4, 0.5) is 5.82 Å². The number of hydrogen-bond donors (Lipinski definition) is 1. The standard InChI is InChI=1S/C22H18BrN3O3/c1-28-18-9-6-14(11-16(18)23)13-24-22-21(25-20-5-3-4-10-26(20)22)15-7-8-17(27)19(12-15)29-2/h3-13,27H,1-2H3/b24-13+. The first-order chi connectivity index (χ1) is 14.1. The van der Waals surface area contributed by atoms with E-state index in [2.05, 4.69) is 15.9 Å². The lowest BCUT2D eigenvalue weighted by Crippen LogP contribution is -1.88. The van der Waals surface area contributed by atoms with Gasteiger partial charge in [0.15, 0.2) is 17.3 Å². The maximum Gasteiger partial charge on any atom is 0.165 e. The molecule has 146 valence electrons. The van der Waals surface area contributed by atoms with E-state index in [9.17, 15) is 5.11 Å². The molecule has 0 aliphatic rings. The summed E-state index contributed by atoms with van der Waals surface area (Å²) in [4.78, 5) is 9.45. The molecule has 0 aliphatic carbocycles. The van der Waals surface area contributed by atoms with Crippen LogP contribution in [0.5, 0.6) is 17.2 Å². The van der Waals surface area contributed by atoms with E-state index in [-0.39, 0.29) is 5.75 Å². The molecular weight excluding hydrogens is 434 g/mol. The van der Waals surface area contributed by atoms with Gasteiger partial charge in [0.2, 0.25) is 0 Å². The van der Waals surface area contributed by atoms with Crippen molar-refractivity contribution in [2.24, 2.45) is 4.99 Å². The summed E-state index contributed by atoms with van der Waals surface area (Å²) >= 11 is 3.50. The Labute approximate surface area is 176 Å². The molecule has 0 bridgehead atoms. The van der Waals surface area contributed by atoms with Gasteiger partial charge in [0.1, 0.15) is 17.1 Å². The third-order valence-electron chi connectivity index (χ3n) is 4.47. The fraction of sp³-hybridized carbons (Fsp3) is 0.0909. The smallest absolute Gasteiger partial charge is 0.165 e. The molecule has 0 spiro atoms. The molecule has 0 saturated carbocycles. The number of pyridine rings is 1. The van der Waals surface area contributed by atoms with E-state index in [4.69, 9.17) is 19.5 Å². The van der Waals surface area contributed by atoms with Crippen LogP contribution < -0.4 is 9.47 Å². The van der Waals surface area contributed by atoms with Crippen molar-refractivity contribution < 1.29 is 14.6 Å². The van der Waals surface area contributed by atoms with Crippen LogP contribution >= 0.6 is 15.9 Å². The van der Waals surface area contributed by atoms with Gasteiger partial charge in [-0.15, -0.1) is 0 Å². The summed E-state index contributed by atoms with van der Waals surface area (Å²) in [5.74, 6) is 1.90. The molecule has 0 aliphatic heterocycles. The van der Waals surface area contributed by atoms with Gasteiger partial charge in [0.25, 0.3) is 0 Å². The van der Waals surface area contributed by atoms with Gasteiger partial charge in [-0.3, -0.25) is 4.40 Å². The number of imidazole rings is 1. The van der Waals surface area contributed by atoms with Crippen LogP contribution in [-0.4, -0.2) is 34.9 Å². The van der Waals surface area contributed by atoms with Crippen LogP contribution in [0.2, 0.25) is 0 Å². The number of halogens is 1. The number of fused-ring (bicyclic) bond motifs is 1. The number of nitrogens with zero attached hydrogens (tertiary/aromatic N) is 3. The number of methoxy groups -OCH3 is 2. The Bertz CT molecular complexity index is 1220. The van der Waals surface area contributed by atoms with E-state index in [1.54, 1.807) is 31.5 Å². The van der Waals surface area contributed by atoms with Crippen LogP contribution in [0.15, 0.2) is 70.3 Å². The first-order valence-electron chi connectivity index (χ1n) is 8.83. The molecule has 29 heavy (non-hydrogen) atoms. The minimum Gasteiger partial charge on any atom is -0.504 e. The van der Waals surface area contributed by atoms with E-state index in [0.29, 0.717) is 17.3 Å². The number of aliphatic imine (C=N–C) groups is 1. The molecular formula is C22H18BrN3O3. The van der Waals surface area contributed by atoms with Crippen molar-refractivity contribution in [3.8, 4) is 28.5 Å². The van der Waals surface area contributed by atoms with Gasteiger partial charge < -0.3 is 14.6 Å². The number of aromatic nitrogens is 2. The van der Waals surface area contributed by atoms with Crippen LogP contribution in [0.3, 0.4) is 0 Å². The van der Waals surface area contributed by atoms with E-state index in [1.165, 1.54) is 7.11 Å². The van der Waals surface area contributed by atoms with Crippen LogP contribution in [0.1, 0.15) is 5.56 Å². The first-order valence-corrected chi connectivity index (χ1v) is 9.62. The predicted molar refractivity (Wildman–Crippen MR) is 117 cm³/mol. The second-order valence-corrected chi connectivity index (χ2v) is 7.11. The number of ether oxygens (including phenoxy) is 2. The van der Waals surface area contributed by atoms with Gasteiger partial charge in [-0.05, 0) is 70.0 Å². The lowest BCUT2D eigenvalue weighted by Gasteiger charge is -2.06. The Morgan fingerprint density at radius 3 is 2.62 bits per heavy atom. The largest absolute Gasteiger partial charge is 0.504 e. The van der Waals surface area contributed by atoms with Crippen molar-refractivity contribution in [1.29, 1.82) is 0 Å². The van der Waals surface area contributed by atoms with E-state index in [1.807, 2.05) is 47.0 Å². The molecule has 2 aromatic carbocycles. The monoisotopic (exact) mass is 451 g/mol. The molecule has 0 fully saturated rings. The fourth-order valence-corrected chi connectivity index (χ4v) is 3.58. The molecule has 1 N–H and O–H groups in total. The van der Waals surface area contributed by atoms with Crippen molar-refractivity contribution in [3.05, 3.63) is 70.8 Å². The third-order valence-corrected chi connectivity index (χ3v) is 5.09. The first kappa shape index (κ1) is 19.0. The summed E-state index contributed by atoms with van der Waals surface area (Å²) < 4.78 is 13.3. The molecule has 6 nitrogen and oxygen atoms in total. The molecule has 2 heterocycles. The number of phenolic OH excluding ortho intramolecular Hbond substituents is 1. The fourth-order valence-electron chi connectivity index (χ4n) is 3.02. The zero-order valence-electron chi connectivity index (χ0n) is 15.8. The Hall–Kier alpha value is -3.32. The SMILES string of the molecule is COc1cc(-c2nc3ccccn3c2/N=C/c2ccc(OC)c(Br)c2)ccc1O. The summed E-state index contributed by atoms with van der Waals surface area (Å²) in [6.45, 7) is 0. The molecule has 0 radical (unpaired) electrons. The van der Waals surface area contributed by atoms with Crippen LogP contribution in [-0.2, 0) is 0 Å². The quantitative estimate of drug-likeness (QED) is 0.421. The van der Waals surface area contributed by atoms with Crippen molar-refractivity contribution in [2.45, 2.75) is 0 Å². The van der Waals surface area contributed by atoms with E-state index in [0.717, 1.165) is 27.0 Å². The predicted octanol–water partition coefficient (Wildman–Crippen LogP) is 5.24. The summed E-state index contributed by atoms with van der Waals surface area (Å²) in [5, 5.41) is 9.92. The number of hydrogen-bond acceptors (Lipinski definition) is 5. The van der Waals surface area contributed by atoms with Crippen molar-refractivity contribution in [1.82, 2.24) is 9.38 Å². The average Bonchev–Trinajstić information content (AvgIpc) is 3.11. The summed E-state index contributed by atoms with van der Waals surface area (Å²) in [7, 11) is 3.15. The number of phenols is 1. The Kier molecular flexibility index (Phi) is 5.22.